The van der Waals surface area contributed by atoms with Gasteiger partial charge in [0.05, 0.1) is 0 Å². The number of carbonyl (C=O) groups is 2. The van der Waals surface area contributed by atoms with Crippen molar-refractivity contribution in [3.63, 3.8) is 0 Å². The van der Waals surface area contributed by atoms with Gasteiger partial charge in [-0.15, -0.1) is 13.2 Å². The summed E-state index contributed by atoms with van der Waals surface area (Å²) in [5.41, 5.74) is 2.56. The second-order valence-corrected chi connectivity index (χ2v) is 9.11. The van der Waals surface area contributed by atoms with Crippen LogP contribution in [0.25, 0.3) is 17.1 Å². The molecule has 2 aromatic carbocycles. The smallest absolute Gasteiger partial charge is 0.406 e. The van der Waals surface area contributed by atoms with Crippen LogP contribution < -0.4 is 4.74 Å². The lowest BCUT2D eigenvalue weighted by Gasteiger charge is -2.21. The van der Waals surface area contributed by atoms with Crippen molar-refractivity contribution in [1.29, 1.82) is 0 Å². The fraction of sp³-hybridized carbons (Fsp3) is 0.360. The van der Waals surface area contributed by atoms with E-state index >= 15 is 0 Å². The molecule has 0 saturated carbocycles. The standard InChI is InChI=1S/C25H24F3N5O3/c26-25(27,28)36-20-5-1-16(2-6-20)3-8-23(34)32-11-9-18-14-33(15-19(18)10-12-32)24(35)17-4-7-21-22(13-17)30-31-29-21/h1-8,13,18-19H,9-12,14-15H2,(H,29,30,31)/b8-3+/t18-,19+. The Labute approximate surface area is 204 Å². The van der Waals surface area contributed by atoms with E-state index in [1.807, 2.05) is 4.90 Å². The number of hydrogen-bond donors (Lipinski definition) is 1. The van der Waals surface area contributed by atoms with Gasteiger partial charge in [-0.25, -0.2) is 0 Å². The number of alkyl halides is 3. The number of nitrogens with one attached hydrogen (secondary N) is 1. The number of likely N-dealkylation sites (tertiary alicyclic amines) is 2. The molecule has 11 heteroatoms. The summed E-state index contributed by atoms with van der Waals surface area (Å²) >= 11 is 0. The Hall–Kier alpha value is -3.89. The fourth-order valence-electron chi connectivity index (χ4n) is 4.94. The molecule has 5 rings (SSSR count). The molecular weight excluding hydrogens is 475 g/mol. The van der Waals surface area contributed by atoms with E-state index in [9.17, 15) is 22.8 Å². The van der Waals surface area contributed by atoms with E-state index in [0.717, 1.165) is 12.8 Å². The highest BCUT2D eigenvalue weighted by molar-refractivity contribution is 5.97. The van der Waals surface area contributed by atoms with E-state index < -0.39 is 6.36 Å². The minimum absolute atomic E-state index is 0.0181. The molecule has 0 bridgehead atoms. The SMILES string of the molecule is O=C(/C=C/c1ccc(OC(F)(F)F)cc1)N1CC[C@@H]2CN(C(=O)c3ccc4n[nH]nc4c3)C[C@@H]2CC1. The zero-order valence-corrected chi connectivity index (χ0v) is 19.2. The van der Waals surface area contributed by atoms with Gasteiger partial charge in [0.25, 0.3) is 5.91 Å². The third kappa shape index (κ3) is 5.34. The first kappa shape index (κ1) is 23.8. The van der Waals surface area contributed by atoms with Gasteiger partial charge in [-0.2, -0.15) is 15.4 Å². The average molecular weight is 499 g/mol. The third-order valence-corrected chi connectivity index (χ3v) is 6.81. The van der Waals surface area contributed by atoms with Crippen LogP contribution in [0.1, 0.15) is 28.8 Å². The first-order valence-electron chi connectivity index (χ1n) is 11.7. The molecule has 0 aliphatic carbocycles. The number of halogens is 3. The number of aromatic amines is 1. The quantitative estimate of drug-likeness (QED) is 0.551. The van der Waals surface area contributed by atoms with Crippen LogP contribution in [0.3, 0.4) is 0 Å². The van der Waals surface area contributed by atoms with Crippen LogP contribution in [0.15, 0.2) is 48.5 Å². The van der Waals surface area contributed by atoms with Gasteiger partial charge in [0, 0.05) is 37.8 Å². The monoisotopic (exact) mass is 499 g/mol. The molecule has 36 heavy (non-hydrogen) atoms. The van der Waals surface area contributed by atoms with Gasteiger partial charge in [-0.1, -0.05) is 12.1 Å². The summed E-state index contributed by atoms with van der Waals surface area (Å²) in [7, 11) is 0. The number of aromatic nitrogens is 3. The normalized spacial score (nSPS) is 20.5. The number of fused-ring (bicyclic) bond motifs is 2. The minimum Gasteiger partial charge on any atom is -0.406 e. The topological polar surface area (TPSA) is 91.4 Å². The van der Waals surface area contributed by atoms with E-state index in [0.29, 0.717) is 60.2 Å². The molecule has 188 valence electrons. The van der Waals surface area contributed by atoms with Crippen molar-refractivity contribution in [3.05, 3.63) is 59.7 Å². The highest BCUT2D eigenvalue weighted by Crippen LogP contribution is 2.33. The second-order valence-electron chi connectivity index (χ2n) is 9.11. The summed E-state index contributed by atoms with van der Waals surface area (Å²) in [5.74, 6) is 0.187. The first-order valence-corrected chi connectivity index (χ1v) is 11.7. The van der Waals surface area contributed by atoms with Gasteiger partial charge in [-0.05, 0) is 66.6 Å². The Morgan fingerprint density at radius 2 is 1.61 bits per heavy atom. The lowest BCUT2D eigenvalue weighted by Crippen LogP contribution is -2.33. The number of benzene rings is 2. The highest BCUT2D eigenvalue weighted by Gasteiger charge is 2.37. The van der Waals surface area contributed by atoms with E-state index in [4.69, 9.17) is 0 Å². The molecule has 2 atom stereocenters. The number of H-pyrrole nitrogens is 1. The lowest BCUT2D eigenvalue weighted by molar-refractivity contribution is -0.274. The number of nitrogens with zero attached hydrogens (tertiary/aromatic N) is 4. The Kier molecular flexibility index (Phi) is 6.38. The van der Waals surface area contributed by atoms with Crippen LogP contribution in [0.4, 0.5) is 13.2 Å². The third-order valence-electron chi connectivity index (χ3n) is 6.81. The van der Waals surface area contributed by atoms with Gasteiger partial charge in [0.2, 0.25) is 5.91 Å². The Bertz CT molecular complexity index is 1270. The van der Waals surface area contributed by atoms with Crippen molar-refractivity contribution in [2.45, 2.75) is 19.2 Å². The molecule has 3 aromatic rings. The van der Waals surface area contributed by atoms with Crippen molar-refractivity contribution in [2.75, 3.05) is 26.2 Å². The van der Waals surface area contributed by atoms with Gasteiger partial charge in [-0.3, -0.25) is 9.59 Å². The van der Waals surface area contributed by atoms with Crippen molar-refractivity contribution in [3.8, 4) is 5.75 Å². The Morgan fingerprint density at radius 3 is 2.28 bits per heavy atom. The average Bonchev–Trinajstić information content (AvgIpc) is 3.44. The molecule has 0 radical (unpaired) electrons. The van der Waals surface area contributed by atoms with Crippen LogP contribution in [0.2, 0.25) is 0 Å². The number of hydrogen-bond acceptors (Lipinski definition) is 5. The lowest BCUT2D eigenvalue weighted by atomic mass is 9.92. The van der Waals surface area contributed by atoms with Gasteiger partial charge < -0.3 is 14.5 Å². The van der Waals surface area contributed by atoms with Gasteiger partial charge in [0.15, 0.2) is 0 Å². The van der Waals surface area contributed by atoms with Crippen LogP contribution in [-0.2, 0) is 4.79 Å². The first-order chi connectivity index (χ1) is 17.2. The molecule has 2 saturated heterocycles. The fourth-order valence-corrected chi connectivity index (χ4v) is 4.94. The molecule has 2 aliphatic heterocycles. The van der Waals surface area contributed by atoms with E-state index in [1.54, 1.807) is 29.2 Å². The molecule has 0 spiro atoms. The summed E-state index contributed by atoms with van der Waals surface area (Å²) in [6, 6.07) is 10.6. The highest BCUT2D eigenvalue weighted by atomic mass is 19.4. The van der Waals surface area contributed by atoms with Crippen LogP contribution in [-0.4, -0.2) is 69.6 Å². The van der Waals surface area contributed by atoms with Crippen molar-refractivity contribution in [1.82, 2.24) is 25.2 Å². The predicted octanol–water partition coefficient (Wildman–Crippen LogP) is 3.88. The Balaban J connectivity index is 1.15. The van der Waals surface area contributed by atoms with Crippen molar-refractivity contribution < 1.29 is 27.5 Å². The molecule has 1 N–H and O–H groups in total. The minimum atomic E-state index is -4.74. The molecule has 2 fully saturated rings. The van der Waals surface area contributed by atoms with Crippen LogP contribution in [0.5, 0.6) is 5.75 Å². The molecule has 1 aromatic heterocycles. The van der Waals surface area contributed by atoms with Crippen molar-refractivity contribution in [2.24, 2.45) is 11.8 Å². The van der Waals surface area contributed by atoms with E-state index in [-0.39, 0.29) is 17.6 Å². The molecule has 8 nitrogen and oxygen atoms in total. The number of amides is 2. The molecular formula is C25H24F3N5O3. The second kappa shape index (κ2) is 9.63. The summed E-state index contributed by atoms with van der Waals surface area (Å²) in [6.07, 6.45) is -0.109. The molecule has 0 unspecified atom stereocenters. The van der Waals surface area contributed by atoms with Crippen LogP contribution in [0, 0.1) is 11.8 Å². The molecule has 2 amide bonds. The van der Waals surface area contributed by atoms with Gasteiger partial charge >= 0.3 is 6.36 Å². The number of rotatable bonds is 4. The van der Waals surface area contributed by atoms with Crippen molar-refractivity contribution >= 4 is 28.9 Å². The van der Waals surface area contributed by atoms with E-state index in [2.05, 4.69) is 20.1 Å². The molecule has 2 aliphatic rings. The zero-order valence-electron chi connectivity index (χ0n) is 19.2. The zero-order chi connectivity index (χ0) is 25.3. The number of carbonyl (C=O) groups excluding carboxylic acids is 2. The maximum absolute atomic E-state index is 13.1. The maximum Gasteiger partial charge on any atom is 0.573 e. The van der Waals surface area contributed by atoms with E-state index in [1.165, 1.54) is 30.3 Å². The largest absolute Gasteiger partial charge is 0.573 e. The summed E-state index contributed by atoms with van der Waals surface area (Å²) in [5, 5.41) is 10.6. The van der Waals surface area contributed by atoms with Gasteiger partial charge in [0.1, 0.15) is 16.8 Å². The predicted molar refractivity (Wildman–Crippen MR) is 125 cm³/mol. The summed E-state index contributed by atoms with van der Waals surface area (Å²) in [4.78, 5) is 29.5. The number of ether oxygens (including phenoxy) is 1. The summed E-state index contributed by atoms with van der Waals surface area (Å²) in [6.45, 7) is 2.50. The maximum atomic E-state index is 13.1. The van der Waals surface area contributed by atoms with Crippen LogP contribution >= 0.6 is 0 Å². The molecule has 3 heterocycles. The Morgan fingerprint density at radius 1 is 0.944 bits per heavy atom. The summed E-state index contributed by atoms with van der Waals surface area (Å²) < 4.78 is 40.7.